The molecule has 2 aliphatic rings. The maximum atomic E-state index is 11.7. The van der Waals surface area contributed by atoms with Crippen LogP contribution in [-0.2, 0) is 16.0 Å². The van der Waals surface area contributed by atoms with Gasteiger partial charge in [-0.05, 0) is 84.7 Å². The number of benzene rings is 2. The first-order chi connectivity index (χ1) is 17.5. The van der Waals surface area contributed by atoms with E-state index in [1.807, 2.05) is 12.1 Å². The van der Waals surface area contributed by atoms with Crippen LogP contribution in [0.25, 0.3) is 11.1 Å². The summed E-state index contributed by atoms with van der Waals surface area (Å²) in [5.41, 5.74) is 4.99. The van der Waals surface area contributed by atoms with Gasteiger partial charge in [-0.25, -0.2) is 4.79 Å². The van der Waals surface area contributed by atoms with Gasteiger partial charge in [-0.1, -0.05) is 69.0 Å². The highest BCUT2D eigenvalue weighted by atomic mass is 16.5. The molecule has 0 spiro atoms. The summed E-state index contributed by atoms with van der Waals surface area (Å²) < 4.78 is 10.8. The first-order valence-corrected chi connectivity index (χ1v) is 13.6. The van der Waals surface area contributed by atoms with Crippen LogP contribution in [-0.4, -0.2) is 17.7 Å². The standard InChI is InChI=1S/C32H40O4/c1-23(2)32(34)36-20-18-30-22-29(16-17-31(30)35-21-19-33)28-14-12-27(13-15-28)26-10-8-25(9-11-26)24-6-4-3-5-7-24/h12-17,19,21-22,24-26,33H,1,3-11,18,20H2,2H3/b21-19-. The van der Waals surface area contributed by atoms with E-state index >= 15 is 0 Å². The van der Waals surface area contributed by atoms with Crippen LogP contribution in [0.5, 0.6) is 5.75 Å². The number of aliphatic hydroxyl groups excluding tert-OH is 1. The molecule has 2 aromatic rings. The van der Waals surface area contributed by atoms with E-state index in [0.29, 0.717) is 23.7 Å². The lowest BCUT2D eigenvalue weighted by molar-refractivity contribution is -0.138. The number of hydrogen-bond donors (Lipinski definition) is 1. The van der Waals surface area contributed by atoms with Crippen LogP contribution in [0.4, 0.5) is 0 Å². The Kier molecular flexibility index (Phi) is 9.27. The van der Waals surface area contributed by atoms with E-state index in [-0.39, 0.29) is 6.61 Å². The summed E-state index contributed by atoms with van der Waals surface area (Å²) >= 11 is 0. The van der Waals surface area contributed by atoms with Crippen molar-refractivity contribution >= 4 is 5.97 Å². The summed E-state index contributed by atoms with van der Waals surface area (Å²) in [5, 5.41) is 8.99. The van der Waals surface area contributed by atoms with Gasteiger partial charge in [0.25, 0.3) is 0 Å². The number of aliphatic hydroxyl groups is 1. The van der Waals surface area contributed by atoms with E-state index in [1.54, 1.807) is 6.92 Å². The number of ether oxygens (including phenoxy) is 2. The van der Waals surface area contributed by atoms with Crippen molar-refractivity contribution in [2.75, 3.05) is 6.61 Å². The van der Waals surface area contributed by atoms with Crippen LogP contribution in [0.15, 0.2) is 67.1 Å². The first kappa shape index (κ1) is 26.1. The fourth-order valence-electron chi connectivity index (χ4n) is 6.03. The Hall–Kier alpha value is -3.01. The second-order valence-electron chi connectivity index (χ2n) is 10.5. The van der Waals surface area contributed by atoms with Gasteiger partial charge in [0.05, 0.1) is 6.61 Å². The Morgan fingerprint density at radius 3 is 2.28 bits per heavy atom. The molecule has 0 unspecified atom stereocenters. The molecule has 4 nitrogen and oxygen atoms in total. The molecule has 36 heavy (non-hydrogen) atoms. The van der Waals surface area contributed by atoms with Gasteiger partial charge in [-0.2, -0.15) is 0 Å². The van der Waals surface area contributed by atoms with Crippen LogP contribution in [0, 0.1) is 11.8 Å². The highest BCUT2D eigenvalue weighted by molar-refractivity contribution is 5.86. The predicted molar refractivity (Wildman–Crippen MR) is 145 cm³/mol. The molecule has 192 valence electrons. The van der Waals surface area contributed by atoms with Crippen molar-refractivity contribution in [2.45, 2.75) is 77.0 Å². The van der Waals surface area contributed by atoms with Crippen LogP contribution in [0.3, 0.4) is 0 Å². The van der Waals surface area contributed by atoms with Crippen molar-refractivity contribution in [3.63, 3.8) is 0 Å². The lowest BCUT2D eigenvalue weighted by Gasteiger charge is -2.36. The molecule has 0 bridgehead atoms. The second kappa shape index (κ2) is 12.8. The largest absolute Gasteiger partial charge is 0.512 e. The Bertz CT molecular complexity index is 1040. The SMILES string of the molecule is C=C(C)C(=O)OCCc1cc(-c2ccc(C3CCC(C4CCCCC4)CC3)cc2)ccc1O/C=C\O. The van der Waals surface area contributed by atoms with E-state index in [9.17, 15) is 4.79 Å². The average molecular weight is 489 g/mol. The summed E-state index contributed by atoms with van der Waals surface area (Å²) in [7, 11) is 0. The van der Waals surface area contributed by atoms with E-state index < -0.39 is 5.97 Å². The Morgan fingerprint density at radius 2 is 1.61 bits per heavy atom. The van der Waals surface area contributed by atoms with Crippen molar-refractivity contribution in [3.05, 3.63) is 78.3 Å². The number of carbonyl (C=O) groups is 1. The van der Waals surface area contributed by atoms with Gasteiger partial charge in [-0.3, -0.25) is 0 Å². The molecule has 0 amide bonds. The van der Waals surface area contributed by atoms with Crippen LogP contribution in [0.1, 0.15) is 81.8 Å². The summed E-state index contributed by atoms with van der Waals surface area (Å²) in [6.45, 7) is 5.49. The first-order valence-electron chi connectivity index (χ1n) is 13.6. The fraction of sp³-hybridized carbons (Fsp3) is 0.469. The zero-order valence-electron chi connectivity index (χ0n) is 21.6. The Morgan fingerprint density at radius 1 is 0.944 bits per heavy atom. The predicted octanol–water partition coefficient (Wildman–Crippen LogP) is 8.28. The highest BCUT2D eigenvalue weighted by Crippen LogP contribution is 2.43. The molecule has 2 aromatic carbocycles. The lowest BCUT2D eigenvalue weighted by Crippen LogP contribution is -2.23. The molecule has 0 heterocycles. The Labute approximate surface area is 216 Å². The molecule has 1 N–H and O–H groups in total. The zero-order chi connectivity index (χ0) is 25.3. The van der Waals surface area contributed by atoms with Gasteiger partial charge in [0, 0.05) is 12.0 Å². The Balaban J connectivity index is 1.40. The van der Waals surface area contributed by atoms with Crippen LogP contribution in [0.2, 0.25) is 0 Å². The van der Waals surface area contributed by atoms with Crippen molar-refractivity contribution in [1.82, 2.24) is 0 Å². The molecule has 4 rings (SSSR count). The summed E-state index contributed by atoms with van der Waals surface area (Å²) in [5.74, 6) is 2.85. The normalized spacial score (nSPS) is 20.8. The molecule has 0 radical (unpaired) electrons. The minimum atomic E-state index is -0.396. The molecule has 0 atom stereocenters. The van der Waals surface area contributed by atoms with E-state index in [2.05, 4.69) is 36.9 Å². The lowest BCUT2D eigenvalue weighted by atomic mass is 9.70. The molecule has 2 aliphatic carbocycles. The smallest absolute Gasteiger partial charge is 0.333 e. The van der Waals surface area contributed by atoms with Gasteiger partial charge in [0.15, 0.2) is 0 Å². The molecule has 2 fully saturated rings. The summed E-state index contributed by atoms with van der Waals surface area (Å²) in [6.07, 6.45) is 15.3. The fourth-order valence-corrected chi connectivity index (χ4v) is 6.03. The summed E-state index contributed by atoms with van der Waals surface area (Å²) in [4.78, 5) is 11.7. The molecule has 2 saturated carbocycles. The number of hydrogen-bond acceptors (Lipinski definition) is 4. The second-order valence-corrected chi connectivity index (χ2v) is 10.5. The van der Waals surface area contributed by atoms with Gasteiger partial charge >= 0.3 is 5.97 Å². The van der Waals surface area contributed by atoms with E-state index in [0.717, 1.165) is 34.8 Å². The monoisotopic (exact) mass is 488 g/mol. The maximum Gasteiger partial charge on any atom is 0.333 e. The molecule has 0 saturated heterocycles. The zero-order valence-corrected chi connectivity index (χ0v) is 21.6. The third kappa shape index (κ3) is 6.81. The average Bonchev–Trinajstić information content (AvgIpc) is 2.93. The minimum Gasteiger partial charge on any atom is -0.512 e. The minimum absolute atomic E-state index is 0.233. The number of carbonyl (C=O) groups excluding carboxylic acids is 1. The molecular formula is C32H40O4. The molecular weight excluding hydrogens is 448 g/mol. The van der Waals surface area contributed by atoms with E-state index in [1.165, 1.54) is 69.6 Å². The highest BCUT2D eigenvalue weighted by Gasteiger charge is 2.29. The van der Waals surface area contributed by atoms with Gasteiger partial charge < -0.3 is 14.6 Å². The molecule has 0 aliphatic heterocycles. The van der Waals surface area contributed by atoms with E-state index in [4.69, 9.17) is 14.6 Å². The number of rotatable bonds is 9. The van der Waals surface area contributed by atoms with Crippen molar-refractivity contribution in [3.8, 4) is 16.9 Å². The van der Waals surface area contributed by atoms with Crippen molar-refractivity contribution < 1.29 is 19.4 Å². The topological polar surface area (TPSA) is 55.8 Å². The van der Waals surface area contributed by atoms with Crippen LogP contribution < -0.4 is 4.74 Å². The van der Waals surface area contributed by atoms with Gasteiger partial charge in [0.1, 0.15) is 18.3 Å². The van der Waals surface area contributed by atoms with Gasteiger partial charge in [-0.15, -0.1) is 0 Å². The van der Waals surface area contributed by atoms with Crippen LogP contribution >= 0.6 is 0 Å². The third-order valence-electron chi connectivity index (χ3n) is 8.07. The maximum absolute atomic E-state index is 11.7. The van der Waals surface area contributed by atoms with Crippen molar-refractivity contribution in [1.29, 1.82) is 0 Å². The molecule has 0 aromatic heterocycles. The molecule has 4 heteroatoms. The van der Waals surface area contributed by atoms with Gasteiger partial charge in [0.2, 0.25) is 0 Å². The number of esters is 1. The third-order valence-corrected chi connectivity index (χ3v) is 8.07. The summed E-state index contributed by atoms with van der Waals surface area (Å²) in [6, 6.07) is 15.0. The quantitative estimate of drug-likeness (QED) is 0.219. The van der Waals surface area contributed by atoms with Crippen molar-refractivity contribution in [2.24, 2.45) is 11.8 Å².